The van der Waals surface area contributed by atoms with E-state index in [1.807, 2.05) is 12.4 Å². The van der Waals surface area contributed by atoms with Gasteiger partial charge in [0.25, 0.3) is 0 Å². The van der Waals surface area contributed by atoms with E-state index >= 15 is 0 Å². The molecule has 0 atom stereocenters. The van der Waals surface area contributed by atoms with Gasteiger partial charge in [-0.3, -0.25) is 4.98 Å². The number of aromatic nitrogens is 2. The molecular formula is C12H20N4. The molecule has 0 aliphatic heterocycles. The van der Waals surface area contributed by atoms with E-state index in [0.29, 0.717) is 6.04 Å². The Balaban J connectivity index is 1.86. The van der Waals surface area contributed by atoms with E-state index in [1.54, 1.807) is 0 Å². The summed E-state index contributed by atoms with van der Waals surface area (Å²) in [5.41, 5.74) is 1.10. The highest BCUT2D eigenvalue weighted by Crippen LogP contribution is 2.23. The molecule has 0 amide bonds. The minimum absolute atomic E-state index is 0.118. The molecule has 88 valence electrons. The Morgan fingerprint density at radius 3 is 2.50 bits per heavy atom. The number of nitrogens with one attached hydrogen (secondary N) is 2. The van der Waals surface area contributed by atoms with Gasteiger partial charge in [0.2, 0.25) is 0 Å². The van der Waals surface area contributed by atoms with Gasteiger partial charge in [-0.2, -0.15) is 0 Å². The second-order valence-electron chi connectivity index (χ2n) is 5.42. The van der Waals surface area contributed by atoms with Crippen molar-refractivity contribution in [2.45, 2.75) is 51.7 Å². The van der Waals surface area contributed by atoms with Gasteiger partial charge in [0, 0.05) is 18.1 Å². The van der Waals surface area contributed by atoms with Crippen LogP contribution in [0, 0.1) is 0 Å². The zero-order valence-corrected chi connectivity index (χ0v) is 10.2. The van der Waals surface area contributed by atoms with Crippen LogP contribution in [0.2, 0.25) is 0 Å². The van der Waals surface area contributed by atoms with Crippen LogP contribution in [0.5, 0.6) is 0 Å². The van der Waals surface area contributed by atoms with Gasteiger partial charge in [-0.05, 0) is 33.6 Å². The summed E-state index contributed by atoms with van der Waals surface area (Å²) in [5, 5.41) is 6.71. The fourth-order valence-corrected chi connectivity index (χ4v) is 1.31. The first-order valence-electron chi connectivity index (χ1n) is 5.85. The van der Waals surface area contributed by atoms with Crippen LogP contribution in [0.25, 0.3) is 0 Å². The van der Waals surface area contributed by atoms with E-state index in [4.69, 9.17) is 0 Å². The molecule has 4 heteroatoms. The van der Waals surface area contributed by atoms with Crippen LogP contribution in [-0.4, -0.2) is 21.5 Å². The summed E-state index contributed by atoms with van der Waals surface area (Å²) in [6.07, 6.45) is 6.17. The lowest BCUT2D eigenvalue weighted by Gasteiger charge is -2.20. The third-order valence-electron chi connectivity index (χ3n) is 2.43. The Morgan fingerprint density at radius 2 is 2.00 bits per heavy atom. The van der Waals surface area contributed by atoms with Gasteiger partial charge in [0.1, 0.15) is 5.82 Å². The summed E-state index contributed by atoms with van der Waals surface area (Å²) >= 11 is 0. The molecule has 16 heavy (non-hydrogen) atoms. The lowest BCUT2D eigenvalue weighted by Crippen LogP contribution is -2.35. The normalized spacial score (nSPS) is 16.2. The third kappa shape index (κ3) is 3.77. The summed E-state index contributed by atoms with van der Waals surface area (Å²) in [7, 11) is 0. The van der Waals surface area contributed by atoms with Gasteiger partial charge >= 0.3 is 0 Å². The van der Waals surface area contributed by atoms with Crippen molar-refractivity contribution in [3.8, 4) is 0 Å². The Kier molecular flexibility index (Phi) is 3.10. The van der Waals surface area contributed by atoms with Crippen molar-refractivity contribution in [3.63, 3.8) is 0 Å². The Labute approximate surface area is 96.9 Å². The van der Waals surface area contributed by atoms with Crippen LogP contribution in [-0.2, 0) is 6.54 Å². The predicted molar refractivity (Wildman–Crippen MR) is 65.3 cm³/mol. The first-order chi connectivity index (χ1) is 7.53. The number of nitrogens with zero attached hydrogens (tertiary/aromatic N) is 2. The lowest BCUT2D eigenvalue weighted by atomic mass is 10.1. The van der Waals surface area contributed by atoms with Crippen molar-refractivity contribution >= 4 is 5.82 Å². The van der Waals surface area contributed by atoms with Crippen molar-refractivity contribution in [2.75, 3.05) is 5.32 Å². The highest BCUT2D eigenvalue weighted by Gasteiger charge is 2.21. The quantitative estimate of drug-likeness (QED) is 0.814. The molecular weight excluding hydrogens is 200 g/mol. The maximum absolute atomic E-state index is 4.38. The molecule has 0 saturated heterocycles. The maximum atomic E-state index is 4.38. The van der Waals surface area contributed by atoms with E-state index < -0.39 is 0 Å². The van der Waals surface area contributed by atoms with Crippen molar-refractivity contribution in [3.05, 3.63) is 18.1 Å². The molecule has 1 heterocycles. The molecule has 0 bridgehead atoms. The minimum Gasteiger partial charge on any atom is -0.366 e. The standard InChI is InChI=1S/C12H20N4/c1-12(2,3)15-7-10-6-14-11(8-13-10)16-9-4-5-9/h6,8-9,15H,4-5,7H2,1-3H3,(H,14,16). The smallest absolute Gasteiger partial charge is 0.144 e. The molecule has 0 unspecified atom stereocenters. The largest absolute Gasteiger partial charge is 0.366 e. The Bertz CT molecular complexity index is 335. The fraction of sp³-hybridized carbons (Fsp3) is 0.667. The van der Waals surface area contributed by atoms with E-state index in [1.165, 1.54) is 12.8 Å². The van der Waals surface area contributed by atoms with E-state index in [0.717, 1.165) is 18.1 Å². The van der Waals surface area contributed by atoms with Crippen LogP contribution in [0.15, 0.2) is 12.4 Å². The molecule has 1 aromatic heterocycles. The van der Waals surface area contributed by atoms with Gasteiger partial charge in [-0.1, -0.05) is 0 Å². The summed E-state index contributed by atoms with van der Waals surface area (Å²) < 4.78 is 0. The van der Waals surface area contributed by atoms with Crippen molar-refractivity contribution in [1.82, 2.24) is 15.3 Å². The molecule has 4 nitrogen and oxygen atoms in total. The highest BCUT2D eigenvalue weighted by molar-refractivity contribution is 5.34. The van der Waals surface area contributed by atoms with Crippen molar-refractivity contribution in [2.24, 2.45) is 0 Å². The van der Waals surface area contributed by atoms with Crippen LogP contribution in [0.3, 0.4) is 0 Å². The van der Waals surface area contributed by atoms with Crippen LogP contribution in [0.1, 0.15) is 39.3 Å². The molecule has 1 aliphatic carbocycles. The van der Waals surface area contributed by atoms with Crippen molar-refractivity contribution < 1.29 is 0 Å². The number of hydrogen-bond donors (Lipinski definition) is 2. The molecule has 0 aromatic carbocycles. The minimum atomic E-state index is 0.118. The first-order valence-corrected chi connectivity index (χ1v) is 5.85. The number of hydrogen-bond acceptors (Lipinski definition) is 4. The van der Waals surface area contributed by atoms with Gasteiger partial charge in [-0.15, -0.1) is 0 Å². The number of anilines is 1. The van der Waals surface area contributed by atoms with Crippen LogP contribution in [0.4, 0.5) is 5.82 Å². The maximum Gasteiger partial charge on any atom is 0.144 e. The molecule has 1 saturated carbocycles. The second kappa shape index (κ2) is 4.37. The monoisotopic (exact) mass is 220 g/mol. The van der Waals surface area contributed by atoms with Gasteiger partial charge < -0.3 is 10.6 Å². The first kappa shape index (κ1) is 11.3. The predicted octanol–water partition coefficient (Wildman–Crippen LogP) is 1.94. The molecule has 1 fully saturated rings. The average Bonchev–Trinajstić information content (AvgIpc) is 3.00. The lowest BCUT2D eigenvalue weighted by molar-refractivity contribution is 0.421. The molecule has 2 rings (SSSR count). The summed E-state index contributed by atoms with van der Waals surface area (Å²) in [6.45, 7) is 7.19. The second-order valence-corrected chi connectivity index (χ2v) is 5.42. The van der Waals surface area contributed by atoms with Crippen molar-refractivity contribution in [1.29, 1.82) is 0 Å². The average molecular weight is 220 g/mol. The zero-order valence-electron chi connectivity index (χ0n) is 10.2. The summed E-state index contributed by atoms with van der Waals surface area (Å²) in [5.74, 6) is 0.891. The van der Waals surface area contributed by atoms with E-state index in [-0.39, 0.29) is 5.54 Å². The molecule has 1 aliphatic rings. The van der Waals surface area contributed by atoms with Gasteiger partial charge in [0.05, 0.1) is 18.1 Å². The number of rotatable bonds is 4. The Hall–Kier alpha value is -1.16. The SMILES string of the molecule is CC(C)(C)NCc1cnc(NC2CC2)cn1. The third-order valence-corrected chi connectivity index (χ3v) is 2.43. The van der Waals surface area contributed by atoms with Gasteiger partial charge in [0.15, 0.2) is 0 Å². The fourth-order valence-electron chi connectivity index (χ4n) is 1.31. The summed E-state index contributed by atoms with van der Waals surface area (Å²) in [6, 6.07) is 0.632. The topological polar surface area (TPSA) is 49.8 Å². The molecule has 2 N–H and O–H groups in total. The Morgan fingerprint density at radius 1 is 1.25 bits per heavy atom. The van der Waals surface area contributed by atoms with Crippen LogP contribution >= 0.6 is 0 Å². The van der Waals surface area contributed by atoms with Crippen LogP contribution < -0.4 is 10.6 Å². The zero-order chi connectivity index (χ0) is 11.6. The van der Waals surface area contributed by atoms with Gasteiger partial charge in [-0.25, -0.2) is 4.98 Å². The van der Waals surface area contributed by atoms with E-state index in [2.05, 4.69) is 41.4 Å². The molecule has 0 radical (unpaired) electrons. The summed E-state index contributed by atoms with van der Waals surface area (Å²) in [4.78, 5) is 8.72. The molecule has 0 spiro atoms. The van der Waals surface area contributed by atoms with E-state index in [9.17, 15) is 0 Å². The molecule has 1 aromatic rings. The highest BCUT2D eigenvalue weighted by atomic mass is 15.1.